The average Bonchev–Trinajstić information content (AvgIpc) is 2.56. The molecule has 2 rings (SSSR count). The first kappa shape index (κ1) is 11.3. The summed E-state index contributed by atoms with van der Waals surface area (Å²) in [5, 5.41) is 9.42. The molecule has 0 radical (unpaired) electrons. The Labute approximate surface area is 96.3 Å². The first-order chi connectivity index (χ1) is 8.00. The highest BCUT2D eigenvalue weighted by molar-refractivity contribution is 6.05. The van der Waals surface area contributed by atoms with Crippen molar-refractivity contribution >= 4 is 11.8 Å². The van der Waals surface area contributed by atoms with Gasteiger partial charge in [0, 0.05) is 0 Å². The lowest BCUT2D eigenvalue weighted by Crippen LogP contribution is -2.07. The average molecular weight is 236 g/mol. The van der Waals surface area contributed by atoms with Crippen LogP contribution in [0, 0.1) is 5.82 Å². The van der Waals surface area contributed by atoms with E-state index < -0.39 is 29.4 Å². The number of hydrogen-bond donors (Lipinski definition) is 1. The van der Waals surface area contributed by atoms with Gasteiger partial charge in [0.15, 0.2) is 11.9 Å². The van der Waals surface area contributed by atoms with E-state index in [1.807, 2.05) is 0 Å². The van der Waals surface area contributed by atoms with Crippen molar-refractivity contribution in [2.75, 3.05) is 0 Å². The molecule has 0 fully saturated rings. The van der Waals surface area contributed by atoms with Gasteiger partial charge in [-0.15, -0.1) is 0 Å². The summed E-state index contributed by atoms with van der Waals surface area (Å²) in [7, 11) is 0. The fraction of sp³-hybridized carbons (Fsp3) is 0.167. The van der Waals surface area contributed by atoms with Gasteiger partial charge < -0.3 is 9.84 Å². The molecule has 1 aliphatic heterocycles. The smallest absolute Gasteiger partial charge is 0.374 e. The summed E-state index contributed by atoms with van der Waals surface area (Å²) in [6.07, 6.45) is -0.958. The minimum atomic E-state index is -0.958. The van der Waals surface area contributed by atoms with Crippen molar-refractivity contribution in [2.45, 2.75) is 13.0 Å². The van der Waals surface area contributed by atoms with Crippen molar-refractivity contribution in [3.05, 3.63) is 47.0 Å². The van der Waals surface area contributed by atoms with Crippen LogP contribution < -0.4 is 0 Å². The normalized spacial score (nSPS) is 19.4. The van der Waals surface area contributed by atoms with Crippen LogP contribution in [0.4, 0.5) is 4.39 Å². The van der Waals surface area contributed by atoms with Gasteiger partial charge >= 0.3 is 5.97 Å². The van der Waals surface area contributed by atoms with E-state index in [9.17, 15) is 19.1 Å². The summed E-state index contributed by atoms with van der Waals surface area (Å²) in [5.41, 5.74) is 0.343. The van der Waals surface area contributed by atoms with Crippen LogP contribution >= 0.6 is 0 Å². The molecule has 1 N–H and O–H groups in total. The zero-order valence-electron chi connectivity index (χ0n) is 8.94. The lowest BCUT2D eigenvalue weighted by Gasteiger charge is -2.11. The van der Waals surface area contributed by atoms with Crippen LogP contribution in [0.25, 0.3) is 0 Å². The van der Waals surface area contributed by atoms with E-state index in [1.165, 1.54) is 31.2 Å². The van der Waals surface area contributed by atoms with Crippen LogP contribution in [-0.4, -0.2) is 16.9 Å². The molecule has 4 nitrogen and oxygen atoms in total. The summed E-state index contributed by atoms with van der Waals surface area (Å²) < 4.78 is 17.6. The van der Waals surface area contributed by atoms with E-state index in [4.69, 9.17) is 4.74 Å². The van der Waals surface area contributed by atoms with Crippen molar-refractivity contribution in [1.29, 1.82) is 0 Å². The monoisotopic (exact) mass is 236 g/mol. The molecule has 1 aromatic carbocycles. The second-order valence-corrected chi connectivity index (χ2v) is 3.66. The SMILES string of the molecule is CC(=O)C1=C(O)C(=O)O[C@@H]1c1ccc(F)cc1. The van der Waals surface area contributed by atoms with Gasteiger partial charge in [-0.25, -0.2) is 9.18 Å². The van der Waals surface area contributed by atoms with Gasteiger partial charge in [0.25, 0.3) is 0 Å². The zero-order chi connectivity index (χ0) is 12.6. The number of Topliss-reactive ketones (excluding diaryl/α,β-unsaturated/α-hetero) is 1. The lowest BCUT2D eigenvalue weighted by atomic mass is 9.99. The lowest BCUT2D eigenvalue weighted by molar-refractivity contribution is -0.142. The summed E-state index contributed by atoms with van der Waals surface area (Å²) >= 11 is 0. The van der Waals surface area contributed by atoms with Crippen molar-refractivity contribution in [1.82, 2.24) is 0 Å². The molecule has 88 valence electrons. The minimum Gasteiger partial charge on any atom is -0.501 e. The van der Waals surface area contributed by atoms with E-state index >= 15 is 0 Å². The molecule has 1 heterocycles. The number of esters is 1. The highest BCUT2D eigenvalue weighted by Gasteiger charge is 2.37. The number of benzene rings is 1. The molecule has 1 aromatic rings. The molecule has 0 saturated heterocycles. The van der Waals surface area contributed by atoms with E-state index in [1.54, 1.807) is 0 Å². The first-order valence-corrected chi connectivity index (χ1v) is 4.91. The Balaban J connectivity index is 2.44. The second-order valence-electron chi connectivity index (χ2n) is 3.66. The third-order valence-electron chi connectivity index (χ3n) is 2.49. The van der Waals surface area contributed by atoms with Crippen molar-refractivity contribution in [3.63, 3.8) is 0 Å². The molecule has 0 bridgehead atoms. The van der Waals surface area contributed by atoms with Gasteiger partial charge in [0.2, 0.25) is 5.76 Å². The van der Waals surface area contributed by atoms with Gasteiger partial charge in [-0.3, -0.25) is 4.79 Å². The molecular formula is C12H9FO4. The Hall–Kier alpha value is -2.17. The maximum Gasteiger partial charge on any atom is 0.374 e. The van der Waals surface area contributed by atoms with Crippen LogP contribution in [0.15, 0.2) is 35.6 Å². The number of aliphatic hydroxyl groups is 1. The highest BCUT2D eigenvalue weighted by Crippen LogP contribution is 2.34. The summed E-state index contributed by atoms with van der Waals surface area (Å²) in [6.45, 7) is 1.23. The molecule has 5 heteroatoms. The van der Waals surface area contributed by atoms with Crippen LogP contribution in [0.5, 0.6) is 0 Å². The molecule has 0 amide bonds. The molecule has 0 aromatic heterocycles. The largest absolute Gasteiger partial charge is 0.501 e. The van der Waals surface area contributed by atoms with Crippen LogP contribution in [0.3, 0.4) is 0 Å². The molecule has 0 unspecified atom stereocenters. The molecular weight excluding hydrogens is 227 g/mol. The quantitative estimate of drug-likeness (QED) is 0.795. The number of aliphatic hydroxyl groups excluding tert-OH is 1. The van der Waals surface area contributed by atoms with E-state index in [-0.39, 0.29) is 5.57 Å². The van der Waals surface area contributed by atoms with Gasteiger partial charge in [0.05, 0.1) is 5.57 Å². The molecule has 0 spiro atoms. The van der Waals surface area contributed by atoms with Gasteiger partial charge in [-0.2, -0.15) is 0 Å². The Kier molecular flexibility index (Phi) is 2.67. The van der Waals surface area contributed by atoms with E-state index in [0.717, 1.165) is 0 Å². The van der Waals surface area contributed by atoms with Crippen molar-refractivity contribution in [2.24, 2.45) is 0 Å². The van der Waals surface area contributed by atoms with Crippen molar-refractivity contribution < 1.29 is 23.8 Å². The Bertz CT molecular complexity index is 516. The fourth-order valence-electron chi connectivity index (χ4n) is 1.68. The molecule has 0 saturated carbocycles. The predicted molar refractivity (Wildman–Crippen MR) is 55.6 cm³/mol. The standard InChI is InChI=1S/C12H9FO4/c1-6(14)9-10(15)12(16)17-11(9)7-2-4-8(13)5-3-7/h2-5,11,15H,1H3/t11-/m1/s1. The Morgan fingerprint density at radius 2 is 1.94 bits per heavy atom. The highest BCUT2D eigenvalue weighted by atomic mass is 19.1. The summed E-state index contributed by atoms with van der Waals surface area (Å²) in [4.78, 5) is 22.5. The molecule has 1 aliphatic rings. The summed E-state index contributed by atoms with van der Waals surface area (Å²) in [6, 6.07) is 5.18. The number of rotatable bonds is 2. The van der Waals surface area contributed by atoms with Gasteiger partial charge in [0.1, 0.15) is 5.82 Å². The third kappa shape index (κ3) is 1.91. The number of carbonyl (C=O) groups is 2. The number of ketones is 1. The molecule has 1 atom stereocenters. The van der Waals surface area contributed by atoms with E-state index in [2.05, 4.69) is 0 Å². The number of carbonyl (C=O) groups excluding carboxylic acids is 2. The molecule has 17 heavy (non-hydrogen) atoms. The Morgan fingerprint density at radius 3 is 2.47 bits per heavy atom. The summed E-state index contributed by atoms with van der Waals surface area (Å²) in [5.74, 6) is -2.50. The third-order valence-corrected chi connectivity index (χ3v) is 2.49. The zero-order valence-corrected chi connectivity index (χ0v) is 8.94. The topological polar surface area (TPSA) is 63.6 Å². The Morgan fingerprint density at radius 1 is 1.35 bits per heavy atom. The number of hydrogen-bond acceptors (Lipinski definition) is 4. The first-order valence-electron chi connectivity index (χ1n) is 4.91. The fourth-order valence-corrected chi connectivity index (χ4v) is 1.68. The van der Waals surface area contributed by atoms with Crippen LogP contribution in [0.1, 0.15) is 18.6 Å². The van der Waals surface area contributed by atoms with Crippen LogP contribution in [0.2, 0.25) is 0 Å². The van der Waals surface area contributed by atoms with Crippen molar-refractivity contribution in [3.8, 4) is 0 Å². The predicted octanol–water partition coefficient (Wildman–Crippen LogP) is 1.82. The number of ether oxygens (including phenoxy) is 1. The number of cyclic esters (lactones) is 1. The van der Waals surface area contributed by atoms with E-state index in [0.29, 0.717) is 5.56 Å². The van der Waals surface area contributed by atoms with Gasteiger partial charge in [-0.1, -0.05) is 12.1 Å². The maximum atomic E-state index is 12.7. The van der Waals surface area contributed by atoms with Crippen LogP contribution in [-0.2, 0) is 14.3 Å². The number of halogens is 1. The molecule has 0 aliphatic carbocycles. The van der Waals surface area contributed by atoms with Gasteiger partial charge in [-0.05, 0) is 24.6 Å². The second kappa shape index (κ2) is 4.01. The minimum absolute atomic E-state index is 0.0957. The maximum absolute atomic E-state index is 12.7.